The molecule has 1 aliphatic heterocycles. The fourth-order valence-corrected chi connectivity index (χ4v) is 2.24. The summed E-state index contributed by atoms with van der Waals surface area (Å²) in [6, 6.07) is 10.7. The van der Waals surface area contributed by atoms with Crippen LogP contribution in [-0.4, -0.2) is 22.0 Å². The zero-order valence-corrected chi connectivity index (χ0v) is 12.9. The Kier molecular flexibility index (Phi) is 4.06. The van der Waals surface area contributed by atoms with Gasteiger partial charge in [0.25, 0.3) is 0 Å². The molecule has 1 aromatic carbocycles. The van der Waals surface area contributed by atoms with Crippen molar-refractivity contribution in [2.45, 2.75) is 12.5 Å². The number of nitrogens with zero attached hydrogens (tertiary/aromatic N) is 2. The van der Waals surface area contributed by atoms with Crippen LogP contribution in [0.2, 0.25) is 0 Å². The number of benzene rings is 1. The maximum Gasteiger partial charge on any atom is 0.354 e. The van der Waals surface area contributed by atoms with Crippen LogP contribution in [0.1, 0.15) is 28.6 Å². The average molecular weight is 363 g/mol. The topological polar surface area (TPSA) is 81.0 Å². The Balaban J connectivity index is 1.63. The van der Waals surface area contributed by atoms with Crippen LogP contribution < -0.4 is 4.74 Å². The fraction of sp³-hybridized carbons (Fsp3) is 0.133. The van der Waals surface area contributed by atoms with Crippen LogP contribution in [-0.2, 0) is 4.84 Å². The summed E-state index contributed by atoms with van der Waals surface area (Å²) in [7, 11) is 0. The molecule has 1 atom stereocenters. The van der Waals surface area contributed by atoms with Gasteiger partial charge in [-0.2, -0.15) is 0 Å². The van der Waals surface area contributed by atoms with Crippen molar-refractivity contribution in [1.29, 1.82) is 0 Å². The standard InChI is InChI=1S/C15H11BrN2O4/c16-10-3-1-9(2-4-10)13-7-14(18-22-13)21-11-5-6-12(15(19)20)17-8-11/h1-6,8,13H,7H2,(H,19,20)/t13-/m1/s1. The third kappa shape index (κ3) is 3.25. The van der Waals surface area contributed by atoms with Gasteiger partial charge in [-0.05, 0) is 29.8 Å². The van der Waals surface area contributed by atoms with Gasteiger partial charge in [-0.25, -0.2) is 9.78 Å². The molecule has 112 valence electrons. The monoisotopic (exact) mass is 362 g/mol. The van der Waals surface area contributed by atoms with Crippen molar-refractivity contribution in [2.75, 3.05) is 0 Å². The molecular formula is C15H11BrN2O4. The molecule has 0 saturated carbocycles. The second-order valence-corrected chi connectivity index (χ2v) is 5.54. The van der Waals surface area contributed by atoms with Crippen molar-refractivity contribution in [3.8, 4) is 5.75 Å². The molecule has 2 heterocycles. The summed E-state index contributed by atoms with van der Waals surface area (Å²) in [5.74, 6) is -0.231. The molecule has 1 aliphatic rings. The van der Waals surface area contributed by atoms with E-state index in [-0.39, 0.29) is 11.8 Å². The highest BCUT2D eigenvalue weighted by Gasteiger charge is 2.24. The minimum absolute atomic E-state index is 0.0373. The first-order chi connectivity index (χ1) is 10.6. The van der Waals surface area contributed by atoms with E-state index in [0.29, 0.717) is 18.1 Å². The Labute approximate surface area is 134 Å². The Morgan fingerprint density at radius 1 is 1.27 bits per heavy atom. The zero-order valence-electron chi connectivity index (χ0n) is 11.3. The van der Waals surface area contributed by atoms with Crippen LogP contribution in [0.15, 0.2) is 52.2 Å². The predicted molar refractivity (Wildman–Crippen MR) is 81.8 cm³/mol. The maximum atomic E-state index is 10.7. The van der Waals surface area contributed by atoms with Crippen molar-refractivity contribution in [3.05, 3.63) is 58.3 Å². The summed E-state index contributed by atoms with van der Waals surface area (Å²) in [4.78, 5) is 19.9. The molecule has 1 aromatic heterocycles. The van der Waals surface area contributed by atoms with E-state index in [1.807, 2.05) is 24.3 Å². The number of aromatic carboxylic acids is 1. The third-order valence-electron chi connectivity index (χ3n) is 3.07. The number of ether oxygens (including phenoxy) is 1. The zero-order chi connectivity index (χ0) is 15.5. The predicted octanol–water partition coefficient (Wildman–Crippen LogP) is 3.40. The number of carboxylic acid groups (broad SMARTS) is 1. The molecule has 0 saturated heterocycles. The Bertz CT molecular complexity index is 713. The van der Waals surface area contributed by atoms with Crippen molar-refractivity contribution >= 4 is 27.8 Å². The fourth-order valence-electron chi connectivity index (χ4n) is 1.98. The normalized spacial score (nSPS) is 16.8. The number of halogens is 1. The minimum Gasteiger partial charge on any atom is -0.477 e. The van der Waals surface area contributed by atoms with E-state index >= 15 is 0 Å². The van der Waals surface area contributed by atoms with Gasteiger partial charge in [0.15, 0.2) is 6.10 Å². The van der Waals surface area contributed by atoms with Gasteiger partial charge in [-0.1, -0.05) is 33.2 Å². The molecule has 0 fully saturated rings. The quantitative estimate of drug-likeness (QED) is 0.904. The van der Waals surface area contributed by atoms with E-state index in [1.165, 1.54) is 18.3 Å². The molecule has 0 bridgehead atoms. The van der Waals surface area contributed by atoms with Crippen LogP contribution in [0.4, 0.5) is 0 Å². The minimum atomic E-state index is -1.08. The van der Waals surface area contributed by atoms with Gasteiger partial charge < -0.3 is 14.7 Å². The first-order valence-corrected chi connectivity index (χ1v) is 7.26. The molecule has 6 nitrogen and oxygen atoms in total. The number of hydrogen-bond acceptors (Lipinski definition) is 5. The van der Waals surface area contributed by atoms with Crippen molar-refractivity contribution in [1.82, 2.24) is 4.98 Å². The summed E-state index contributed by atoms with van der Waals surface area (Å²) in [5, 5.41) is 12.7. The molecule has 0 spiro atoms. The molecule has 0 aliphatic carbocycles. The molecule has 0 amide bonds. The SMILES string of the molecule is O=C(O)c1ccc(OC2=NO[C@@H](c3ccc(Br)cc3)C2)cn1. The maximum absolute atomic E-state index is 10.7. The number of hydrogen-bond donors (Lipinski definition) is 1. The number of pyridine rings is 1. The molecular weight excluding hydrogens is 352 g/mol. The third-order valence-corrected chi connectivity index (χ3v) is 3.60. The average Bonchev–Trinajstić information content (AvgIpc) is 2.97. The van der Waals surface area contributed by atoms with Crippen molar-refractivity contribution in [3.63, 3.8) is 0 Å². The number of oxime groups is 1. The smallest absolute Gasteiger partial charge is 0.354 e. The van der Waals surface area contributed by atoms with Crippen LogP contribution >= 0.6 is 15.9 Å². The largest absolute Gasteiger partial charge is 0.477 e. The summed E-state index contributed by atoms with van der Waals surface area (Å²) < 4.78 is 6.54. The van der Waals surface area contributed by atoms with Crippen LogP contribution in [0, 0.1) is 0 Å². The molecule has 7 heteroatoms. The Morgan fingerprint density at radius 2 is 2.05 bits per heavy atom. The van der Waals surface area contributed by atoms with Gasteiger partial charge in [-0.3, -0.25) is 0 Å². The van der Waals surface area contributed by atoms with E-state index < -0.39 is 5.97 Å². The van der Waals surface area contributed by atoms with E-state index in [2.05, 4.69) is 26.1 Å². The van der Waals surface area contributed by atoms with Gasteiger partial charge in [-0.15, -0.1) is 0 Å². The number of carbonyl (C=O) groups is 1. The van der Waals surface area contributed by atoms with Gasteiger partial charge in [0.2, 0.25) is 5.90 Å². The number of aromatic nitrogens is 1. The Morgan fingerprint density at radius 3 is 2.68 bits per heavy atom. The van der Waals surface area contributed by atoms with Crippen LogP contribution in [0.5, 0.6) is 5.75 Å². The second-order valence-electron chi connectivity index (χ2n) is 4.62. The summed E-state index contributed by atoms with van der Waals surface area (Å²) in [6.07, 6.45) is 1.66. The summed E-state index contributed by atoms with van der Waals surface area (Å²) >= 11 is 3.38. The highest BCUT2D eigenvalue weighted by atomic mass is 79.9. The number of carboxylic acids is 1. The highest BCUT2D eigenvalue weighted by Crippen LogP contribution is 2.29. The van der Waals surface area contributed by atoms with E-state index in [0.717, 1.165) is 10.0 Å². The highest BCUT2D eigenvalue weighted by molar-refractivity contribution is 9.10. The second kappa shape index (κ2) is 6.15. The first kappa shape index (κ1) is 14.5. The molecule has 3 rings (SSSR count). The lowest BCUT2D eigenvalue weighted by molar-refractivity contribution is 0.0690. The lowest BCUT2D eigenvalue weighted by Gasteiger charge is -2.08. The lowest BCUT2D eigenvalue weighted by atomic mass is 10.1. The van der Waals surface area contributed by atoms with Gasteiger partial charge in [0.1, 0.15) is 11.4 Å². The van der Waals surface area contributed by atoms with Crippen molar-refractivity contribution in [2.24, 2.45) is 5.16 Å². The van der Waals surface area contributed by atoms with Gasteiger partial charge in [0, 0.05) is 4.47 Å². The van der Waals surface area contributed by atoms with E-state index in [1.54, 1.807) is 0 Å². The molecule has 22 heavy (non-hydrogen) atoms. The summed E-state index contributed by atoms with van der Waals surface area (Å²) in [6.45, 7) is 0. The Hall–Kier alpha value is -2.41. The van der Waals surface area contributed by atoms with Crippen molar-refractivity contribution < 1.29 is 19.5 Å². The summed E-state index contributed by atoms with van der Waals surface area (Å²) in [5.41, 5.74) is 0.967. The first-order valence-electron chi connectivity index (χ1n) is 6.47. The number of rotatable bonds is 3. The van der Waals surface area contributed by atoms with E-state index in [9.17, 15) is 4.79 Å². The molecule has 1 N–H and O–H groups in total. The lowest BCUT2D eigenvalue weighted by Crippen LogP contribution is -2.08. The molecule has 2 aromatic rings. The van der Waals surface area contributed by atoms with Crippen LogP contribution in [0.3, 0.4) is 0 Å². The van der Waals surface area contributed by atoms with Crippen LogP contribution in [0.25, 0.3) is 0 Å². The molecule has 0 radical (unpaired) electrons. The molecule has 0 unspecified atom stereocenters. The van der Waals surface area contributed by atoms with Gasteiger partial charge in [0.05, 0.1) is 12.6 Å². The van der Waals surface area contributed by atoms with Gasteiger partial charge >= 0.3 is 5.97 Å². The van der Waals surface area contributed by atoms with E-state index in [4.69, 9.17) is 14.7 Å².